The van der Waals surface area contributed by atoms with Crippen LogP contribution in [0, 0.1) is 0 Å². The standard InChI is InChI=1S/C14H18N2/c1-3-12(4-2)16-13-9-11-7-5-6-8-14(11)15-10-13/h5-10,12,16H,3-4H2,1-2H3. The van der Waals surface area contributed by atoms with E-state index in [-0.39, 0.29) is 0 Å². The van der Waals surface area contributed by atoms with E-state index in [0.29, 0.717) is 6.04 Å². The topological polar surface area (TPSA) is 24.9 Å². The van der Waals surface area contributed by atoms with Crippen LogP contribution in [0.3, 0.4) is 0 Å². The highest BCUT2D eigenvalue weighted by molar-refractivity contribution is 5.81. The van der Waals surface area contributed by atoms with Crippen LogP contribution in [0.2, 0.25) is 0 Å². The Bertz CT molecular complexity index is 461. The van der Waals surface area contributed by atoms with Crippen molar-refractivity contribution in [3.8, 4) is 0 Å². The van der Waals surface area contributed by atoms with E-state index < -0.39 is 0 Å². The van der Waals surface area contributed by atoms with Gasteiger partial charge in [-0.1, -0.05) is 32.0 Å². The smallest absolute Gasteiger partial charge is 0.0703 e. The van der Waals surface area contributed by atoms with E-state index in [1.54, 1.807) is 0 Å². The van der Waals surface area contributed by atoms with E-state index in [1.807, 2.05) is 24.4 Å². The van der Waals surface area contributed by atoms with Crippen LogP contribution in [0.4, 0.5) is 5.69 Å². The van der Waals surface area contributed by atoms with Crippen LogP contribution in [0.25, 0.3) is 10.9 Å². The van der Waals surface area contributed by atoms with E-state index in [1.165, 1.54) is 5.39 Å². The number of nitrogens with one attached hydrogen (secondary N) is 1. The molecule has 0 radical (unpaired) electrons. The molecule has 0 atom stereocenters. The maximum absolute atomic E-state index is 4.44. The molecule has 1 aromatic carbocycles. The lowest BCUT2D eigenvalue weighted by atomic mass is 10.1. The minimum Gasteiger partial charge on any atom is -0.381 e. The highest BCUT2D eigenvalue weighted by Gasteiger charge is 2.03. The molecule has 1 N–H and O–H groups in total. The van der Waals surface area contributed by atoms with Gasteiger partial charge in [-0.25, -0.2) is 0 Å². The first kappa shape index (κ1) is 10.9. The molecule has 2 nitrogen and oxygen atoms in total. The molecule has 2 aromatic rings. The van der Waals surface area contributed by atoms with Gasteiger partial charge in [0.05, 0.1) is 17.4 Å². The zero-order chi connectivity index (χ0) is 11.4. The predicted octanol–water partition coefficient (Wildman–Crippen LogP) is 3.84. The first-order valence-corrected chi connectivity index (χ1v) is 5.94. The number of hydrogen-bond donors (Lipinski definition) is 1. The Balaban J connectivity index is 2.25. The lowest BCUT2D eigenvalue weighted by molar-refractivity contribution is 0.671. The summed E-state index contributed by atoms with van der Waals surface area (Å²) in [5, 5.41) is 4.70. The van der Waals surface area contributed by atoms with Crippen molar-refractivity contribution < 1.29 is 0 Å². The third kappa shape index (κ3) is 2.32. The van der Waals surface area contributed by atoms with Gasteiger partial charge >= 0.3 is 0 Å². The van der Waals surface area contributed by atoms with Crippen LogP contribution < -0.4 is 5.32 Å². The summed E-state index contributed by atoms with van der Waals surface area (Å²) in [5.41, 5.74) is 2.17. The molecule has 0 unspecified atom stereocenters. The van der Waals surface area contributed by atoms with Crippen molar-refractivity contribution in [3.05, 3.63) is 36.5 Å². The predicted molar refractivity (Wildman–Crippen MR) is 69.7 cm³/mol. The van der Waals surface area contributed by atoms with Crippen molar-refractivity contribution in [1.29, 1.82) is 0 Å². The SMILES string of the molecule is CCC(CC)Nc1cnc2ccccc2c1. The Labute approximate surface area is 96.7 Å². The quantitative estimate of drug-likeness (QED) is 0.836. The number of para-hydroxylation sites is 1. The molecule has 0 aliphatic heterocycles. The van der Waals surface area contributed by atoms with Gasteiger partial charge in [0.25, 0.3) is 0 Å². The molecule has 84 valence electrons. The van der Waals surface area contributed by atoms with Crippen molar-refractivity contribution in [2.75, 3.05) is 5.32 Å². The number of pyridine rings is 1. The van der Waals surface area contributed by atoms with Gasteiger partial charge in [-0.15, -0.1) is 0 Å². The summed E-state index contributed by atoms with van der Waals surface area (Å²) in [6.07, 6.45) is 4.20. The number of fused-ring (bicyclic) bond motifs is 1. The van der Waals surface area contributed by atoms with Gasteiger partial charge in [0.2, 0.25) is 0 Å². The molecule has 0 saturated heterocycles. The van der Waals surface area contributed by atoms with Crippen molar-refractivity contribution in [2.24, 2.45) is 0 Å². The van der Waals surface area contributed by atoms with Crippen molar-refractivity contribution >= 4 is 16.6 Å². The summed E-state index contributed by atoms with van der Waals surface area (Å²) in [6, 6.07) is 10.9. The normalized spacial score (nSPS) is 10.9. The molecular formula is C14H18N2. The number of nitrogens with zero attached hydrogens (tertiary/aromatic N) is 1. The van der Waals surface area contributed by atoms with Crippen molar-refractivity contribution in [2.45, 2.75) is 32.7 Å². The molecule has 0 aliphatic carbocycles. The number of benzene rings is 1. The van der Waals surface area contributed by atoms with Gasteiger partial charge in [0, 0.05) is 11.4 Å². The van der Waals surface area contributed by atoms with E-state index in [9.17, 15) is 0 Å². The molecule has 0 saturated carbocycles. The third-order valence-electron chi connectivity index (χ3n) is 2.95. The molecule has 0 fully saturated rings. The van der Waals surface area contributed by atoms with Crippen LogP contribution >= 0.6 is 0 Å². The van der Waals surface area contributed by atoms with Crippen LogP contribution in [-0.4, -0.2) is 11.0 Å². The maximum Gasteiger partial charge on any atom is 0.0703 e. The van der Waals surface area contributed by atoms with E-state index in [2.05, 4.69) is 36.3 Å². The molecule has 1 aromatic heterocycles. The maximum atomic E-state index is 4.44. The highest BCUT2D eigenvalue weighted by Crippen LogP contribution is 2.17. The lowest BCUT2D eigenvalue weighted by Gasteiger charge is -2.16. The molecule has 1 heterocycles. The molecule has 0 bridgehead atoms. The summed E-state index contributed by atoms with van der Waals surface area (Å²) in [5.74, 6) is 0. The molecule has 0 aliphatic rings. The molecule has 0 spiro atoms. The third-order valence-corrected chi connectivity index (χ3v) is 2.95. The Morgan fingerprint density at radius 3 is 2.69 bits per heavy atom. The molecule has 2 rings (SSSR count). The second-order valence-corrected chi connectivity index (χ2v) is 4.07. The average molecular weight is 214 g/mol. The number of anilines is 1. The first-order valence-electron chi connectivity index (χ1n) is 5.94. The fourth-order valence-electron chi connectivity index (χ4n) is 1.88. The zero-order valence-electron chi connectivity index (χ0n) is 9.90. The first-order chi connectivity index (χ1) is 7.83. The molecular weight excluding hydrogens is 196 g/mol. The molecule has 2 heteroatoms. The van der Waals surface area contributed by atoms with Gasteiger partial charge in [-0.05, 0) is 25.0 Å². The summed E-state index contributed by atoms with van der Waals surface area (Å²) in [7, 11) is 0. The summed E-state index contributed by atoms with van der Waals surface area (Å²) < 4.78 is 0. The Kier molecular flexibility index (Phi) is 3.40. The van der Waals surface area contributed by atoms with E-state index in [0.717, 1.165) is 24.0 Å². The number of hydrogen-bond acceptors (Lipinski definition) is 2. The fraction of sp³-hybridized carbons (Fsp3) is 0.357. The minimum absolute atomic E-state index is 0.544. The van der Waals surface area contributed by atoms with Crippen molar-refractivity contribution in [3.63, 3.8) is 0 Å². The van der Waals surface area contributed by atoms with Crippen LogP contribution in [0.15, 0.2) is 36.5 Å². The number of aromatic nitrogens is 1. The minimum atomic E-state index is 0.544. The highest BCUT2D eigenvalue weighted by atomic mass is 14.9. The lowest BCUT2D eigenvalue weighted by Crippen LogP contribution is -2.16. The van der Waals surface area contributed by atoms with Gasteiger partial charge < -0.3 is 5.32 Å². The largest absolute Gasteiger partial charge is 0.381 e. The Hall–Kier alpha value is -1.57. The number of rotatable bonds is 4. The zero-order valence-corrected chi connectivity index (χ0v) is 9.90. The van der Waals surface area contributed by atoms with Crippen molar-refractivity contribution in [1.82, 2.24) is 4.98 Å². The van der Waals surface area contributed by atoms with Gasteiger partial charge in [0.1, 0.15) is 0 Å². The monoisotopic (exact) mass is 214 g/mol. The Morgan fingerprint density at radius 2 is 1.94 bits per heavy atom. The van der Waals surface area contributed by atoms with E-state index >= 15 is 0 Å². The summed E-state index contributed by atoms with van der Waals surface area (Å²) in [4.78, 5) is 4.44. The average Bonchev–Trinajstić information content (AvgIpc) is 2.35. The van der Waals surface area contributed by atoms with Gasteiger partial charge in [0.15, 0.2) is 0 Å². The van der Waals surface area contributed by atoms with Crippen LogP contribution in [0.5, 0.6) is 0 Å². The second kappa shape index (κ2) is 4.97. The van der Waals surface area contributed by atoms with E-state index in [4.69, 9.17) is 0 Å². The van der Waals surface area contributed by atoms with Gasteiger partial charge in [-0.2, -0.15) is 0 Å². The van der Waals surface area contributed by atoms with Crippen LogP contribution in [0.1, 0.15) is 26.7 Å². The Morgan fingerprint density at radius 1 is 1.19 bits per heavy atom. The van der Waals surface area contributed by atoms with Crippen LogP contribution in [-0.2, 0) is 0 Å². The summed E-state index contributed by atoms with van der Waals surface area (Å²) in [6.45, 7) is 4.41. The fourth-order valence-corrected chi connectivity index (χ4v) is 1.88. The van der Waals surface area contributed by atoms with Gasteiger partial charge in [-0.3, -0.25) is 4.98 Å². The molecule has 0 amide bonds. The summed E-state index contributed by atoms with van der Waals surface area (Å²) >= 11 is 0. The second-order valence-electron chi connectivity index (χ2n) is 4.07. The molecule has 16 heavy (non-hydrogen) atoms.